The van der Waals surface area contributed by atoms with Gasteiger partial charge < -0.3 is 24.8 Å². The van der Waals surface area contributed by atoms with Crippen LogP contribution in [-0.2, 0) is 11.3 Å². The predicted octanol–water partition coefficient (Wildman–Crippen LogP) is 1.07. The third-order valence-electron chi connectivity index (χ3n) is 3.88. The number of carboxylic acids is 1. The highest BCUT2D eigenvalue weighted by Crippen LogP contribution is 2.30. The zero-order valence-corrected chi connectivity index (χ0v) is 12.1. The van der Waals surface area contributed by atoms with Crippen LogP contribution in [0.25, 0.3) is 0 Å². The lowest BCUT2D eigenvalue weighted by molar-refractivity contribution is -0.141. The number of carbonyl (C=O) groups is 2. The summed E-state index contributed by atoms with van der Waals surface area (Å²) in [6.07, 6.45) is 0.507. The van der Waals surface area contributed by atoms with Gasteiger partial charge in [-0.05, 0) is 24.1 Å². The molecule has 22 heavy (non-hydrogen) atoms. The van der Waals surface area contributed by atoms with Crippen molar-refractivity contribution in [2.24, 2.45) is 5.92 Å². The Morgan fingerprint density at radius 3 is 2.77 bits per heavy atom. The summed E-state index contributed by atoms with van der Waals surface area (Å²) in [7, 11) is 0. The molecule has 1 saturated heterocycles. The molecule has 1 fully saturated rings. The fraction of sp³-hybridized carbons (Fsp3) is 0.467. The van der Waals surface area contributed by atoms with Crippen LogP contribution in [0.15, 0.2) is 18.2 Å². The third kappa shape index (κ3) is 3.08. The normalized spacial score (nSPS) is 19.8. The second-order valence-electron chi connectivity index (χ2n) is 5.41. The number of carbonyl (C=O) groups excluding carboxylic acids is 1. The van der Waals surface area contributed by atoms with Gasteiger partial charge in [-0.2, -0.15) is 0 Å². The maximum absolute atomic E-state index is 12.0. The summed E-state index contributed by atoms with van der Waals surface area (Å²) >= 11 is 0. The molecule has 7 heteroatoms. The lowest BCUT2D eigenvalue weighted by Gasteiger charge is -2.20. The predicted molar refractivity (Wildman–Crippen MR) is 77.0 cm³/mol. The van der Waals surface area contributed by atoms with Gasteiger partial charge in [0.1, 0.15) is 13.2 Å². The van der Waals surface area contributed by atoms with E-state index in [0.717, 1.165) is 5.56 Å². The van der Waals surface area contributed by atoms with Crippen molar-refractivity contribution in [1.82, 2.24) is 10.2 Å². The Labute approximate surface area is 127 Å². The van der Waals surface area contributed by atoms with Gasteiger partial charge in [0, 0.05) is 19.6 Å². The zero-order chi connectivity index (χ0) is 15.5. The van der Waals surface area contributed by atoms with E-state index >= 15 is 0 Å². The SMILES string of the molecule is O=C(O)C1CCN(C(=O)NCc2ccc3c(c2)OCCO3)C1. The Balaban J connectivity index is 1.54. The van der Waals surface area contributed by atoms with Crippen LogP contribution in [0.2, 0.25) is 0 Å². The zero-order valence-electron chi connectivity index (χ0n) is 12.1. The molecule has 0 saturated carbocycles. The van der Waals surface area contributed by atoms with E-state index in [9.17, 15) is 9.59 Å². The Bertz CT molecular complexity index is 589. The van der Waals surface area contributed by atoms with E-state index in [1.54, 1.807) is 0 Å². The van der Waals surface area contributed by atoms with Crippen LogP contribution in [0, 0.1) is 5.92 Å². The van der Waals surface area contributed by atoms with Gasteiger partial charge in [0.15, 0.2) is 11.5 Å². The second-order valence-corrected chi connectivity index (χ2v) is 5.41. The molecule has 2 aliphatic rings. The van der Waals surface area contributed by atoms with Crippen LogP contribution in [0.1, 0.15) is 12.0 Å². The molecule has 1 aromatic rings. The number of hydrogen-bond acceptors (Lipinski definition) is 4. The molecule has 3 rings (SSSR count). The minimum Gasteiger partial charge on any atom is -0.486 e. The van der Waals surface area contributed by atoms with E-state index in [1.165, 1.54) is 4.90 Å². The fourth-order valence-electron chi connectivity index (χ4n) is 2.63. The molecule has 1 atom stereocenters. The Morgan fingerprint density at radius 1 is 1.27 bits per heavy atom. The number of hydrogen-bond donors (Lipinski definition) is 2. The van der Waals surface area contributed by atoms with Gasteiger partial charge in [-0.15, -0.1) is 0 Å². The lowest BCUT2D eigenvalue weighted by Crippen LogP contribution is -2.38. The van der Waals surface area contributed by atoms with Crippen LogP contribution >= 0.6 is 0 Å². The van der Waals surface area contributed by atoms with E-state index in [2.05, 4.69) is 5.32 Å². The summed E-state index contributed by atoms with van der Waals surface area (Å²) in [5.74, 6) is 0.0949. The molecule has 2 heterocycles. The first-order valence-electron chi connectivity index (χ1n) is 7.27. The summed E-state index contributed by atoms with van der Waals surface area (Å²) in [5.41, 5.74) is 0.909. The molecule has 0 radical (unpaired) electrons. The monoisotopic (exact) mass is 306 g/mol. The summed E-state index contributed by atoms with van der Waals surface area (Å²) in [4.78, 5) is 24.5. The standard InChI is InChI=1S/C15H18N2O5/c18-14(19)11-3-4-17(9-11)15(20)16-8-10-1-2-12-13(7-10)22-6-5-21-12/h1-2,7,11H,3-6,8-9H2,(H,16,20)(H,18,19). The number of benzene rings is 1. The minimum absolute atomic E-state index is 0.237. The Hall–Kier alpha value is -2.44. The van der Waals surface area contributed by atoms with Crippen molar-refractivity contribution in [3.63, 3.8) is 0 Å². The van der Waals surface area contributed by atoms with Gasteiger partial charge in [-0.25, -0.2) is 4.79 Å². The molecular weight excluding hydrogens is 288 g/mol. The maximum Gasteiger partial charge on any atom is 0.317 e. The molecule has 2 N–H and O–H groups in total. The number of nitrogens with one attached hydrogen (secondary N) is 1. The average molecular weight is 306 g/mol. The van der Waals surface area contributed by atoms with Gasteiger partial charge in [0.05, 0.1) is 5.92 Å². The van der Waals surface area contributed by atoms with Gasteiger partial charge in [0.25, 0.3) is 0 Å². The van der Waals surface area contributed by atoms with Crippen molar-refractivity contribution in [2.45, 2.75) is 13.0 Å². The van der Waals surface area contributed by atoms with Crippen LogP contribution in [0.3, 0.4) is 0 Å². The molecule has 1 aromatic carbocycles. The minimum atomic E-state index is -0.845. The quantitative estimate of drug-likeness (QED) is 0.872. The Kier molecular flexibility index (Phi) is 4.04. The van der Waals surface area contributed by atoms with Crippen molar-refractivity contribution >= 4 is 12.0 Å². The fourth-order valence-corrected chi connectivity index (χ4v) is 2.63. The van der Waals surface area contributed by atoms with Crippen molar-refractivity contribution < 1.29 is 24.2 Å². The van der Waals surface area contributed by atoms with Crippen molar-refractivity contribution in [2.75, 3.05) is 26.3 Å². The number of fused-ring (bicyclic) bond motifs is 1. The molecule has 0 spiro atoms. The van der Waals surface area contributed by atoms with Gasteiger partial charge >= 0.3 is 12.0 Å². The second kappa shape index (κ2) is 6.13. The third-order valence-corrected chi connectivity index (χ3v) is 3.88. The first kappa shape index (κ1) is 14.5. The first-order chi connectivity index (χ1) is 10.6. The topological polar surface area (TPSA) is 88.1 Å². The Morgan fingerprint density at radius 2 is 2.05 bits per heavy atom. The number of nitrogens with zero attached hydrogens (tertiary/aromatic N) is 1. The van der Waals surface area contributed by atoms with Crippen LogP contribution in [0.4, 0.5) is 4.79 Å². The van der Waals surface area contributed by atoms with E-state index in [0.29, 0.717) is 44.2 Å². The highest BCUT2D eigenvalue weighted by atomic mass is 16.6. The smallest absolute Gasteiger partial charge is 0.317 e. The maximum atomic E-state index is 12.0. The molecule has 7 nitrogen and oxygen atoms in total. The number of likely N-dealkylation sites (tertiary alicyclic amines) is 1. The highest BCUT2D eigenvalue weighted by Gasteiger charge is 2.30. The molecule has 1 unspecified atom stereocenters. The molecule has 0 bridgehead atoms. The largest absolute Gasteiger partial charge is 0.486 e. The number of carboxylic acid groups (broad SMARTS) is 1. The number of ether oxygens (including phenoxy) is 2. The number of rotatable bonds is 3. The lowest BCUT2D eigenvalue weighted by atomic mass is 10.1. The van der Waals surface area contributed by atoms with Crippen LogP contribution < -0.4 is 14.8 Å². The molecule has 2 amide bonds. The molecule has 0 aromatic heterocycles. The van der Waals surface area contributed by atoms with Crippen LogP contribution in [0.5, 0.6) is 11.5 Å². The number of amides is 2. The van der Waals surface area contributed by atoms with E-state index in [4.69, 9.17) is 14.6 Å². The molecule has 0 aliphatic carbocycles. The van der Waals surface area contributed by atoms with Crippen molar-refractivity contribution in [3.8, 4) is 11.5 Å². The average Bonchev–Trinajstić information content (AvgIpc) is 3.03. The van der Waals surface area contributed by atoms with Crippen molar-refractivity contribution in [3.05, 3.63) is 23.8 Å². The summed E-state index contributed by atoms with van der Waals surface area (Å²) < 4.78 is 10.9. The highest BCUT2D eigenvalue weighted by molar-refractivity contribution is 5.77. The summed E-state index contributed by atoms with van der Waals surface area (Å²) in [6, 6.07) is 5.31. The molecule has 118 valence electrons. The van der Waals surface area contributed by atoms with E-state index < -0.39 is 11.9 Å². The summed E-state index contributed by atoms with van der Waals surface area (Å²) in [6.45, 7) is 2.17. The van der Waals surface area contributed by atoms with Crippen LogP contribution in [-0.4, -0.2) is 48.3 Å². The van der Waals surface area contributed by atoms with Gasteiger partial charge in [0.2, 0.25) is 0 Å². The number of aliphatic carboxylic acids is 1. The molecular formula is C15H18N2O5. The summed E-state index contributed by atoms with van der Waals surface area (Å²) in [5, 5.41) is 11.8. The molecule has 2 aliphatic heterocycles. The number of urea groups is 1. The van der Waals surface area contributed by atoms with E-state index in [1.807, 2.05) is 18.2 Å². The first-order valence-corrected chi connectivity index (χ1v) is 7.27. The van der Waals surface area contributed by atoms with Gasteiger partial charge in [-0.3, -0.25) is 4.79 Å². The van der Waals surface area contributed by atoms with Crippen molar-refractivity contribution in [1.29, 1.82) is 0 Å². The van der Waals surface area contributed by atoms with E-state index in [-0.39, 0.29) is 12.6 Å². The van der Waals surface area contributed by atoms with Gasteiger partial charge in [-0.1, -0.05) is 6.07 Å².